The van der Waals surface area contributed by atoms with Crippen molar-refractivity contribution < 1.29 is 4.74 Å². The fraction of sp³-hybridized carbons (Fsp3) is 0.538. The summed E-state index contributed by atoms with van der Waals surface area (Å²) >= 11 is 6.04. The average molecular weight is 257 g/mol. The minimum absolute atomic E-state index is 0.275. The van der Waals surface area contributed by atoms with Crippen molar-refractivity contribution in [1.82, 2.24) is 10.6 Å². The number of methoxy groups -OCH3 is 1. The molecule has 0 amide bonds. The van der Waals surface area contributed by atoms with Gasteiger partial charge in [0, 0.05) is 16.6 Å². The van der Waals surface area contributed by atoms with E-state index in [0.717, 1.165) is 35.7 Å². The van der Waals surface area contributed by atoms with E-state index in [9.17, 15) is 0 Å². The minimum Gasteiger partial charge on any atom is -0.496 e. The minimum atomic E-state index is 0.275. The van der Waals surface area contributed by atoms with Crippen molar-refractivity contribution in [3.8, 4) is 5.75 Å². The molecule has 0 aliphatic rings. The van der Waals surface area contributed by atoms with Crippen molar-refractivity contribution in [2.45, 2.75) is 18.9 Å². The maximum atomic E-state index is 6.04. The van der Waals surface area contributed by atoms with E-state index in [1.165, 1.54) is 0 Å². The third-order valence-electron chi connectivity index (χ3n) is 2.84. The molecule has 0 spiro atoms. The van der Waals surface area contributed by atoms with E-state index >= 15 is 0 Å². The van der Waals surface area contributed by atoms with Gasteiger partial charge < -0.3 is 15.4 Å². The summed E-state index contributed by atoms with van der Waals surface area (Å²) in [6, 6.07) is 6.02. The molecule has 1 unspecified atom stereocenters. The molecule has 0 bridgehead atoms. The van der Waals surface area contributed by atoms with Crippen LogP contribution in [0.4, 0.5) is 0 Å². The Morgan fingerprint density at radius 1 is 1.35 bits per heavy atom. The topological polar surface area (TPSA) is 33.3 Å². The molecule has 3 nitrogen and oxygen atoms in total. The lowest BCUT2D eigenvalue weighted by molar-refractivity contribution is 0.397. The van der Waals surface area contributed by atoms with Gasteiger partial charge in [0.05, 0.1) is 7.11 Å². The van der Waals surface area contributed by atoms with Crippen molar-refractivity contribution in [3.63, 3.8) is 0 Å². The molecule has 1 atom stereocenters. The Morgan fingerprint density at radius 3 is 2.71 bits per heavy atom. The van der Waals surface area contributed by atoms with Gasteiger partial charge in [-0.1, -0.05) is 11.6 Å². The fourth-order valence-electron chi connectivity index (χ4n) is 1.92. The van der Waals surface area contributed by atoms with E-state index in [2.05, 4.69) is 10.6 Å². The Hall–Kier alpha value is -0.770. The first-order chi connectivity index (χ1) is 8.22. The van der Waals surface area contributed by atoms with Gasteiger partial charge in [-0.2, -0.15) is 0 Å². The van der Waals surface area contributed by atoms with Crippen LogP contribution in [-0.4, -0.2) is 27.7 Å². The second-order valence-electron chi connectivity index (χ2n) is 3.97. The van der Waals surface area contributed by atoms with Crippen LogP contribution >= 0.6 is 11.6 Å². The lowest BCUT2D eigenvalue weighted by Crippen LogP contribution is -2.19. The molecule has 4 heteroatoms. The van der Waals surface area contributed by atoms with Gasteiger partial charge in [-0.25, -0.2) is 0 Å². The van der Waals surface area contributed by atoms with Gasteiger partial charge in [0.2, 0.25) is 0 Å². The number of hydrogen-bond acceptors (Lipinski definition) is 3. The van der Waals surface area contributed by atoms with E-state index in [-0.39, 0.29) is 6.04 Å². The number of rotatable bonds is 7. The molecule has 17 heavy (non-hydrogen) atoms. The molecule has 0 aliphatic heterocycles. The highest BCUT2D eigenvalue weighted by molar-refractivity contribution is 6.30. The van der Waals surface area contributed by atoms with E-state index < -0.39 is 0 Å². The van der Waals surface area contributed by atoms with Crippen LogP contribution in [0, 0.1) is 0 Å². The van der Waals surface area contributed by atoms with Crippen molar-refractivity contribution in [2.24, 2.45) is 0 Å². The summed E-state index contributed by atoms with van der Waals surface area (Å²) in [5.41, 5.74) is 1.12. The molecule has 96 valence electrons. The largest absolute Gasteiger partial charge is 0.496 e. The fourth-order valence-corrected chi connectivity index (χ4v) is 2.10. The van der Waals surface area contributed by atoms with Crippen LogP contribution in [0.3, 0.4) is 0 Å². The van der Waals surface area contributed by atoms with Crippen LogP contribution in [0.25, 0.3) is 0 Å². The van der Waals surface area contributed by atoms with Gasteiger partial charge >= 0.3 is 0 Å². The molecule has 0 aromatic heterocycles. The first kappa shape index (κ1) is 14.3. The first-order valence-electron chi connectivity index (χ1n) is 5.88. The Bertz CT molecular complexity index is 344. The van der Waals surface area contributed by atoms with Crippen LogP contribution < -0.4 is 15.4 Å². The van der Waals surface area contributed by atoms with E-state index in [1.54, 1.807) is 7.11 Å². The van der Waals surface area contributed by atoms with Crippen molar-refractivity contribution >= 4 is 11.6 Å². The lowest BCUT2D eigenvalue weighted by Gasteiger charge is -2.19. The van der Waals surface area contributed by atoms with Gasteiger partial charge in [-0.3, -0.25) is 0 Å². The summed E-state index contributed by atoms with van der Waals surface area (Å²) < 4.78 is 5.38. The number of benzene rings is 1. The average Bonchev–Trinajstić information content (AvgIpc) is 2.35. The Morgan fingerprint density at radius 2 is 2.12 bits per heavy atom. The molecule has 0 saturated heterocycles. The Labute approximate surface area is 109 Å². The number of ether oxygens (including phenoxy) is 1. The second-order valence-corrected chi connectivity index (χ2v) is 4.41. The van der Waals surface area contributed by atoms with E-state index in [0.29, 0.717) is 0 Å². The van der Waals surface area contributed by atoms with Gasteiger partial charge in [0.15, 0.2) is 0 Å². The predicted molar refractivity (Wildman–Crippen MR) is 73.0 cm³/mol. The smallest absolute Gasteiger partial charge is 0.123 e. The number of halogens is 1. The van der Waals surface area contributed by atoms with Crippen LogP contribution in [-0.2, 0) is 0 Å². The number of nitrogens with one attached hydrogen (secondary N) is 2. The third-order valence-corrected chi connectivity index (χ3v) is 3.07. The summed E-state index contributed by atoms with van der Waals surface area (Å²) in [6.07, 6.45) is 2.16. The van der Waals surface area contributed by atoms with Gasteiger partial charge in [-0.15, -0.1) is 0 Å². The zero-order valence-corrected chi connectivity index (χ0v) is 11.5. The predicted octanol–water partition coefficient (Wildman–Crippen LogP) is 2.61. The third kappa shape index (κ3) is 4.19. The first-order valence-corrected chi connectivity index (χ1v) is 6.26. The normalized spacial score (nSPS) is 12.5. The van der Waals surface area contributed by atoms with Crippen molar-refractivity contribution in [2.75, 3.05) is 27.7 Å². The maximum absolute atomic E-state index is 6.04. The van der Waals surface area contributed by atoms with E-state index in [4.69, 9.17) is 16.3 Å². The molecule has 0 saturated carbocycles. The molecule has 2 N–H and O–H groups in total. The van der Waals surface area contributed by atoms with E-state index in [1.807, 2.05) is 32.3 Å². The highest BCUT2D eigenvalue weighted by atomic mass is 35.5. The molecular weight excluding hydrogens is 236 g/mol. The quantitative estimate of drug-likeness (QED) is 0.736. The maximum Gasteiger partial charge on any atom is 0.123 e. The van der Waals surface area contributed by atoms with Crippen molar-refractivity contribution in [3.05, 3.63) is 28.8 Å². The molecule has 0 aliphatic carbocycles. The second kappa shape index (κ2) is 7.54. The molecular formula is C13H21ClN2O. The Balaban J connectivity index is 2.82. The van der Waals surface area contributed by atoms with Crippen LogP contribution in [0.2, 0.25) is 5.02 Å². The van der Waals surface area contributed by atoms with Crippen LogP contribution in [0.15, 0.2) is 18.2 Å². The van der Waals surface area contributed by atoms with Gasteiger partial charge in [-0.05, 0) is 51.7 Å². The molecule has 1 aromatic carbocycles. The van der Waals surface area contributed by atoms with Crippen LogP contribution in [0.1, 0.15) is 24.4 Å². The SMILES string of the molecule is CNCCCC(NC)c1cc(Cl)ccc1OC. The zero-order valence-electron chi connectivity index (χ0n) is 10.7. The summed E-state index contributed by atoms with van der Waals surface area (Å²) in [7, 11) is 5.62. The highest BCUT2D eigenvalue weighted by Gasteiger charge is 2.14. The highest BCUT2D eigenvalue weighted by Crippen LogP contribution is 2.30. The molecule has 1 aromatic rings. The van der Waals surface area contributed by atoms with Crippen LogP contribution in [0.5, 0.6) is 5.75 Å². The summed E-state index contributed by atoms with van der Waals surface area (Å²) in [5.74, 6) is 0.887. The lowest BCUT2D eigenvalue weighted by atomic mass is 10.0. The summed E-state index contributed by atoms with van der Waals surface area (Å²) in [6.45, 7) is 1.01. The Kier molecular flexibility index (Phi) is 6.34. The standard InChI is InChI=1S/C13H21ClN2O/c1-15-8-4-5-12(16-2)11-9-10(14)6-7-13(11)17-3/h6-7,9,12,15-16H,4-5,8H2,1-3H3. The molecule has 0 heterocycles. The molecule has 0 fully saturated rings. The summed E-state index contributed by atoms with van der Waals surface area (Å²) in [5, 5.41) is 7.21. The number of hydrogen-bond donors (Lipinski definition) is 2. The summed E-state index contributed by atoms with van der Waals surface area (Å²) in [4.78, 5) is 0. The molecule has 0 radical (unpaired) electrons. The van der Waals surface area contributed by atoms with Gasteiger partial charge in [0.1, 0.15) is 5.75 Å². The van der Waals surface area contributed by atoms with Gasteiger partial charge in [0.25, 0.3) is 0 Å². The molecule has 1 rings (SSSR count). The zero-order chi connectivity index (χ0) is 12.7. The van der Waals surface area contributed by atoms with Crippen molar-refractivity contribution in [1.29, 1.82) is 0 Å². The monoisotopic (exact) mass is 256 g/mol.